The Morgan fingerprint density at radius 2 is 2.09 bits per heavy atom. The number of rotatable bonds is 7. The number of aromatic nitrogens is 3. The van der Waals surface area contributed by atoms with Gasteiger partial charge in [0.15, 0.2) is 5.96 Å². The summed E-state index contributed by atoms with van der Waals surface area (Å²) in [5.74, 6) is 2.64. The fraction of sp³-hybridized carbons (Fsp3) is 0.471. The predicted molar refractivity (Wildman–Crippen MR) is 93.8 cm³/mol. The Bertz CT molecular complexity index is 614. The fourth-order valence-corrected chi connectivity index (χ4v) is 2.27. The van der Waals surface area contributed by atoms with Crippen molar-refractivity contribution in [2.75, 3.05) is 13.6 Å². The molecule has 0 saturated heterocycles. The minimum absolute atomic E-state index is 0.698. The molecule has 0 aliphatic carbocycles. The smallest absolute Gasteiger partial charge is 0.191 e. The summed E-state index contributed by atoms with van der Waals surface area (Å²) >= 11 is 0. The van der Waals surface area contributed by atoms with Crippen molar-refractivity contribution in [2.45, 2.75) is 39.7 Å². The van der Waals surface area contributed by atoms with Crippen LogP contribution in [0.5, 0.6) is 0 Å². The van der Waals surface area contributed by atoms with E-state index in [4.69, 9.17) is 0 Å². The van der Waals surface area contributed by atoms with Crippen molar-refractivity contribution in [1.29, 1.82) is 0 Å². The van der Waals surface area contributed by atoms with Crippen molar-refractivity contribution in [3.63, 3.8) is 0 Å². The largest absolute Gasteiger partial charge is 0.356 e. The maximum atomic E-state index is 4.49. The highest BCUT2D eigenvalue weighted by molar-refractivity contribution is 5.79. The second kappa shape index (κ2) is 8.92. The van der Waals surface area contributed by atoms with Gasteiger partial charge in [-0.05, 0) is 25.0 Å². The van der Waals surface area contributed by atoms with Gasteiger partial charge in [0.1, 0.15) is 11.6 Å². The van der Waals surface area contributed by atoms with Crippen LogP contribution >= 0.6 is 0 Å². The monoisotopic (exact) mass is 314 g/mol. The Balaban J connectivity index is 1.85. The Kier molecular flexibility index (Phi) is 6.59. The Morgan fingerprint density at radius 1 is 1.22 bits per heavy atom. The molecule has 0 spiro atoms. The molecule has 2 rings (SSSR count). The molecule has 2 heterocycles. The molecule has 0 unspecified atom stereocenters. The van der Waals surface area contributed by atoms with Crippen LogP contribution in [-0.2, 0) is 6.54 Å². The van der Waals surface area contributed by atoms with Crippen LogP contribution in [0.3, 0.4) is 0 Å². The minimum atomic E-state index is 0.698. The third-order valence-corrected chi connectivity index (χ3v) is 3.64. The highest BCUT2D eigenvalue weighted by Crippen LogP contribution is 2.08. The number of hydrogen-bond donors (Lipinski definition) is 2. The molecule has 0 aliphatic rings. The molecule has 0 radical (unpaired) electrons. The van der Waals surface area contributed by atoms with Crippen molar-refractivity contribution in [3.8, 4) is 5.82 Å². The summed E-state index contributed by atoms with van der Waals surface area (Å²) in [5, 5.41) is 6.63. The van der Waals surface area contributed by atoms with E-state index in [2.05, 4.69) is 38.6 Å². The third-order valence-electron chi connectivity index (χ3n) is 3.64. The number of pyridine rings is 1. The predicted octanol–water partition coefficient (Wildman–Crippen LogP) is 2.43. The van der Waals surface area contributed by atoms with E-state index >= 15 is 0 Å². The van der Waals surface area contributed by atoms with Gasteiger partial charge in [-0.25, -0.2) is 9.97 Å². The van der Waals surface area contributed by atoms with E-state index in [-0.39, 0.29) is 0 Å². The number of nitrogens with zero attached hydrogens (tertiary/aromatic N) is 4. The molecule has 124 valence electrons. The summed E-state index contributed by atoms with van der Waals surface area (Å²) in [7, 11) is 1.79. The number of aryl methyl sites for hydroxylation is 1. The van der Waals surface area contributed by atoms with E-state index in [9.17, 15) is 0 Å². The van der Waals surface area contributed by atoms with Crippen molar-refractivity contribution >= 4 is 5.96 Å². The average molecular weight is 314 g/mol. The summed E-state index contributed by atoms with van der Waals surface area (Å²) in [4.78, 5) is 12.9. The Hall–Kier alpha value is -2.37. The molecule has 0 atom stereocenters. The standard InChI is InChI=1S/C17H26N6/c1-4-5-6-9-20-17(18-3)22-13-15-7-8-16(21-12-15)23-11-10-19-14(23)2/h7-8,10-12H,4-6,9,13H2,1-3H3,(H2,18,20,22). The lowest BCUT2D eigenvalue weighted by atomic mass is 10.2. The van der Waals surface area contributed by atoms with Crippen LogP contribution in [0.1, 0.15) is 37.6 Å². The molecular formula is C17H26N6. The molecule has 0 fully saturated rings. The van der Waals surface area contributed by atoms with E-state index in [1.165, 1.54) is 12.8 Å². The normalized spacial score (nSPS) is 11.5. The number of nitrogens with one attached hydrogen (secondary N) is 2. The first kappa shape index (κ1) is 17.0. The third kappa shape index (κ3) is 5.09. The van der Waals surface area contributed by atoms with Crippen LogP contribution in [0.25, 0.3) is 5.82 Å². The molecule has 2 N–H and O–H groups in total. The second-order valence-corrected chi connectivity index (χ2v) is 5.43. The van der Waals surface area contributed by atoms with E-state index < -0.39 is 0 Å². The van der Waals surface area contributed by atoms with Gasteiger partial charge in [0.05, 0.1) is 0 Å². The molecule has 23 heavy (non-hydrogen) atoms. The first-order valence-electron chi connectivity index (χ1n) is 8.14. The Morgan fingerprint density at radius 3 is 2.70 bits per heavy atom. The molecule has 6 heteroatoms. The Labute approximate surface area is 138 Å². The molecule has 6 nitrogen and oxygen atoms in total. The minimum Gasteiger partial charge on any atom is -0.356 e. The van der Waals surface area contributed by atoms with Gasteiger partial charge < -0.3 is 10.6 Å². The second-order valence-electron chi connectivity index (χ2n) is 5.43. The lowest BCUT2D eigenvalue weighted by Crippen LogP contribution is -2.37. The number of guanidine groups is 1. The molecular weight excluding hydrogens is 288 g/mol. The summed E-state index contributed by atoms with van der Waals surface area (Å²) in [6.45, 7) is 5.81. The van der Waals surface area contributed by atoms with Crippen LogP contribution in [0.4, 0.5) is 0 Å². The topological polar surface area (TPSA) is 67.1 Å². The molecule has 0 saturated carbocycles. The zero-order chi connectivity index (χ0) is 16.5. The molecule has 0 aliphatic heterocycles. The molecule has 2 aromatic rings. The summed E-state index contributed by atoms with van der Waals surface area (Å²) in [5.41, 5.74) is 1.11. The number of hydrogen-bond acceptors (Lipinski definition) is 3. The fourth-order valence-electron chi connectivity index (χ4n) is 2.27. The van der Waals surface area contributed by atoms with E-state index in [0.717, 1.165) is 36.1 Å². The summed E-state index contributed by atoms with van der Waals surface area (Å²) < 4.78 is 1.96. The van der Waals surface area contributed by atoms with Gasteiger partial charge in [-0.3, -0.25) is 9.56 Å². The van der Waals surface area contributed by atoms with Crippen LogP contribution in [0.2, 0.25) is 0 Å². The van der Waals surface area contributed by atoms with Gasteiger partial charge in [0.2, 0.25) is 0 Å². The highest BCUT2D eigenvalue weighted by Gasteiger charge is 2.03. The van der Waals surface area contributed by atoms with Gasteiger partial charge in [-0.15, -0.1) is 0 Å². The van der Waals surface area contributed by atoms with E-state index in [0.29, 0.717) is 6.54 Å². The molecule has 0 amide bonds. The van der Waals surface area contributed by atoms with Gasteiger partial charge in [-0.1, -0.05) is 25.8 Å². The van der Waals surface area contributed by atoms with Crippen LogP contribution in [0.15, 0.2) is 35.7 Å². The molecule has 0 aromatic carbocycles. The highest BCUT2D eigenvalue weighted by atomic mass is 15.2. The summed E-state index contributed by atoms with van der Waals surface area (Å²) in [6.07, 6.45) is 9.20. The first-order chi connectivity index (χ1) is 11.2. The quantitative estimate of drug-likeness (QED) is 0.468. The van der Waals surface area contributed by atoms with Crippen molar-refractivity contribution in [2.24, 2.45) is 4.99 Å². The van der Waals surface area contributed by atoms with E-state index in [1.54, 1.807) is 13.2 Å². The molecule has 0 bridgehead atoms. The SMILES string of the molecule is CCCCCNC(=NC)NCc1ccc(-n2ccnc2C)nc1. The first-order valence-corrected chi connectivity index (χ1v) is 8.14. The zero-order valence-electron chi connectivity index (χ0n) is 14.2. The van der Waals surface area contributed by atoms with Crippen LogP contribution < -0.4 is 10.6 Å². The number of aliphatic imine (C=N–C) groups is 1. The van der Waals surface area contributed by atoms with Gasteiger partial charge in [-0.2, -0.15) is 0 Å². The maximum Gasteiger partial charge on any atom is 0.191 e. The van der Waals surface area contributed by atoms with Crippen LogP contribution in [-0.4, -0.2) is 34.1 Å². The zero-order valence-corrected chi connectivity index (χ0v) is 14.2. The molecule has 2 aromatic heterocycles. The van der Waals surface area contributed by atoms with Crippen molar-refractivity contribution in [3.05, 3.63) is 42.1 Å². The number of unbranched alkanes of at least 4 members (excludes halogenated alkanes) is 2. The lowest BCUT2D eigenvalue weighted by Gasteiger charge is -2.12. The van der Waals surface area contributed by atoms with Gasteiger partial charge in [0, 0.05) is 38.7 Å². The van der Waals surface area contributed by atoms with Gasteiger partial charge >= 0.3 is 0 Å². The number of imidazole rings is 1. The maximum absolute atomic E-state index is 4.49. The van der Waals surface area contributed by atoms with Crippen molar-refractivity contribution in [1.82, 2.24) is 25.2 Å². The van der Waals surface area contributed by atoms with Gasteiger partial charge in [0.25, 0.3) is 0 Å². The van der Waals surface area contributed by atoms with E-state index in [1.807, 2.05) is 30.0 Å². The lowest BCUT2D eigenvalue weighted by molar-refractivity contribution is 0.682. The van der Waals surface area contributed by atoms with Crippen molar-refractivity contribution < 1.29 is 0 Å². The average Bonchev–Trinajstić information content (AvgIpc) is 3.01. The van der Waals surface area contributed by atoms with Crippen LogP contribution in [0, 0.1) is 6.92 Å². The summed E-state index contributed by atoms with van der Waals surface area (Å²) in [6, 6.07) is 4.07.